The van der Waals surface area contributed by atoms with Crippen molar-refractivity contribution in [2.45, 2.75) is 32.6 Å². The van der Waals surface area contributed by atoms with Gasteiger partial charge in [-0.1, -0.05) is 12.1 Å². The fourth-order valence-corrected chi connectivity index (χ4v) is 2.06. The molecule has 0 fully saturated rings. The number of carbonyl (C=O) groups is 4. The average molecular weight is 324 g/mol. The molecular formula is C15H16O8. The molecule has 124 valence electrons. The molecule has 23 heavy (non-hydrogen) atoms. The molecule has 8 nitrogen and oxygen atoms in total. The molecule has 1 rings (SSSR count). The van der Waals surface area contributed by atoms with Crippen molar-refractivity contribution in [2.24, 2.45) is 0 Å². The number of benzene rings is 1. The molecule has 0 radical (unpaired) electrons. The third-order valence-corrected chi connectivity index (χ3v) is 2.79. The molecule has 0 bridgehead atoms. The van der Waals surface area contributed by atoms with Crippen LogP contribution in [0.1, 0.15) is 38.2 Å². The summed E-state index contributed by atoms with van der Waals surface area (Å²) in [5.74, 6) is -4.96. The molecule has 8 heteroatoms. The maximum Gasteiger partial charge on any atom is 0.308 e. The summed E-state index contributed by atoms with van der Waals surface area (Å²) in [5.41, 5.74) is 0.170. The Morgan fingerprint density at radius 2 is 1.48 bits per heavy atom. The van der Waals surface area contributed by atoms with Crippen LogP contribution < -0.4 is 9.47 Å². The van der Waals surface area contributed by atoms with Crippen LogP contribution in [0, 0.1) is 0 Å². The quantitative estimate of drug-likeness (QED) is 0.571. The number of esters is 2. The summed E-state index contributed by atoms with van der Waals surface area (Å²) in [6, 6.07) is 4.25. The molecule has 0 amide bonds. The van der Waals surface area contributed by atoms with Crippen molar-refractivity contribution in [3.05, 3.63) is 23.8 Å². The van der Waals surface area contributed by atoms with Crippen molar-refractivity contribution in [1.29, 1.82) is 0 Å². The van der Waals surface area contributed by atoms with Crippen molar-refractivity contribution in [2.75, 3.05) is 0 Å². The maximum atomic E-state index is 11.3. The second kappa shape index (κ2) is 7.92. The van der Waals surface area contributed by atoms with E-state index >= 15 is 0 Å². The normalized spacial score (nSPS) is 10.2. The smallest absolute Gasteiger partial charge is 0.308 e. The molecule has 0 heterocycles. The minimum atomic E-state index is -1.21. The van der Waals surface area contributed by atoms with Gasteiger partial charge in [0.25, 0.3) is 0 Å². The van der Waals surface area contributed by atoms with Crippen molar-refractivity contribution in [1.82, 2.24) is 0 Å². The predicted molar refractivity (Wildman–Crippen MR) is 76.3 cm³/mol. The van der Waals surface area contributed by atoms with Gasteiger partial charge >= 0.3 is 23.9 Å². The van der Waals surface area contributed by atoms with Crippen molar-refractivity contribution >= 4 is 23.9 Å². The number of carboxylic acids is 2. The van der Waals surface area contributed by atoms with Crippen molar-refractivity contribution in [3.8, 4) is 11.5 Å². The van der Waals surface area contributed by atoms with E-state index in [1.807, 2.05) is 0 Å². The van der Waals surface area contributed by atoms with Crippen LogP contribution in [-0.2, 0) is 19.2 Å². The zero-order valence-corrected chi connectivity index (χ0v) is 12.6. The molecule has 0 saturated heterocycles. The van der Waals surface area contributed by atoms with E-state index in [4.69, 9.17) is 19.7 Å². The number of carboxylic acid groups (broad SMARTS) is 2. The lowest BCUT2D eigenvalue weighted by Crippen LogP contribution is -2.15. The third kappa shape index (κ3) is 5.77. The van der Waals surface area contributed by atoms with Gasteiger partial charge in [-0.3, -0.25) is 19.2 Å². The molecule has 0 aliphatic carbocycles. The summed E-state index contributed by atoms with van der Waals surface area (Å²) >= 11 is 0. The molecule has 1 aromatic carbocycles. The Morgan fingerprint density at radius 3 is 1.91 bits per heavy atom. The highest BCUT2D eigenvalue weighted by Gasteiger charge is 2.25. The molecule has 2 N–H and O–H groups in total. The van der Waals surface area contributed by atoms with Gasteiger partial charge in [-0.2, -0.15) is 0 Å². The summed E-state index contributed by atoms with van der Waals surface area (Å²) in [6.45, 7) is 2.27. The molecular weight excluding hydrogens is 308 g/mol. The first-order chi connectivity index (χ1) is 10.7. The second-order valence-corrected chi connectivity index (χ2v) is 4.75. The minimum Gasteiger partial charge on any atom is -0.481 e. The van der Waals surface area contributed by atoms with E-state index in [-0.39, 0.29) is 17.1 Å². The zero-order valence-electron chi connectivity index (χ0n) is 12.6. The monoisotopic (exact) mass is 324 g/mol. The topological polar surface area (TPSA) is 127 Å². The SMILES string of the molecule is CC(=O)Oc1cccc(C(CC(=O)O)CC(=O)O)c1OC(C)=O. The fraction of sp³-hybridized carbons (Fsp3) is 0.333. The Bertz CT molecular complexity index is 618. The molecule has 0 aliphatic heterocycles. The zero-order chi connectivity index (χ0) is 17.6. The third-order valence-electron chi connectivity index (χ3n) is 2.79. The van der Waals surface area contributed by atoms with Gasteiger partial charge in [0.1, 0.15) is 0 Å². The predicted octanol–water partition coefficient (Wildman–Crippen LogP) is 1.57. The van der Waals surface area contributed by atoms with Crippen molar-refractivity contribution < 1.29 is 38.9 Å². The molecule has 0 saturated carbocycles. The number of hydrogen-bond acceptors (Lipinski definition) is 6. The van der Waals surface area contributed by atoms with E-state index in [2.05, 4.69) is 0 Å². The molecule has 0 aromatic heterocycles. The highest BCUT2D eigenvalue weighted by molar-refractivity contribution is 5.76. The van der Waals surface area contributed by atoms with E-state index in [1.54, 1.807) is 0 Å². The lowest BCUT2D eigenvalue weighted by Gasteiger charge is -2.18. The summed E-state index contributed by atoms with van der Waals surface area (Å²) < 4.78 is 9.96. The van der Waals surface area contributed by atoms with Gasteiger partial charge in [0.15, 0.2) is 11.5 Å². The number of para-hydroxylation sites is 1. The summed E-state index contributed by atoms with van der Waals surface area (Å²) in [7, 11) is 0. The van der Waals surface area contributed by atoms with Crippen molar-refractivity contribution in [3.63, 3.8) is 0 Å². The lowest BCUT2D eigenvalue weighted by atomic mass is 9.91. The highest BCUT2D eigenvalue weighted by Crippen LogP contribution is 2.39. The highest BCUT2D eigenvalue weighted by atomic mass is 16.6. The molecule has 0 atom stereocenters. The first kappa shape index (κ1) is 18.1. The summed E-state index contributed by atoms with van der Waals surface area (Å²) in [6.07, 6.45) is -0.964. The van der Waals surface area contributed by atoms with Gasteiger partial charge < -0.3 is 19.7 Å². The van der Waals surface area contributed by atoms with Crippen LogP contribution in [0.4, 0.5) is 0 Å². The van der Waals surface area contributed by atoms with Gasteiger partial charge in [-0.05, 0) is 6.07 Å². The molecule has 0 aliphatic rings. The number of carbonyl (C=O) groups excluding carboxylic acids is 2. The van der Waals surface area contributed by atoms with Crippen LogP contribution in [0.5, 0.6) is 11.5 Å². The summed E-state index contributed by atoms with van der Waals surface area (Å²) in [5, 5.41) is 17.9. The van der Waals surface area contributed by atoms with E-state index in [1.165, 1.54) is 18.2 Å². The van der Waals surface area contributed by atoms with Crippen LogP contribution in [0.3, 0.4) is 0 Å². The Kier molecular flexibility index (Phi) is 6.25. The van der Waals surface area contributed by atoms with Crippen LogP contribution in [0.2, 0.25) is 0 Å². The standard InChI is InChI=1S/C15H16O8/c1-8(16)22-12-5-3-4-11(15(12)23-9(2)17)10(6-13(18)19)7-14(20)21/h3-5,10H,6-7H2,1-2H3,(H,18,19)(H,20,21). The van der Waals surface area contributed by atoms with Crippen LogP contribution in [-0.4, -0.2) is 34.1 Å². The molecule has 0 unspecified atom stereocenters. The number of ether oxygens (including phenoxy) is 2. The van der Waals surface area contributed by atoms with Gasteiger partial charge in [-0.15, -0.1) is 0 Å². The second-order valence-electron chi connectivity index (χ2n) is 4.75. The van der Waals surface area contributed by atoms with E-state index < -0.39 is 42.6 Å². The van der Waals surface area contributed by atoms with Gasteiger partial charge in [0.05, 0.1) is 12.8 Å². The van der Waals surface area contributed by atoms with Crippen LogP contribution >= 0.6 is 0 Å². The van der Waals surface area contributed by atoms with Gasteiger partial charge in [-0.25, -0.2) is 0 Å². The first-order valence-electron chi connectivity index (χ1n) is 6.64. The van der Waals surface area contributed by atoms with Gasteiger partial charge in [0, 0.05) is 25.3 Å². The number of hydrogen-bond donors (Lipinski definition) is 2. The summed E-state index contributed by atoms with van der Waals surface area (Å²) in [4.78, 5) is 44.4. The Balaban J connectivity index is 3.38. The average Bonchev–Trinajstić information content (AvgIpc) is 2.37. The first-order valence-corrected chi connectivity index (χ1v) is 6.64. The number of aliphatic carboxylic acids is 2. The maximum absolute atomic E-state index is 11.3. The van der Waals surface area contributed by atoms with Gasteiger partial charge in [0.2, 0.25) is 0 Å². The Morgan fingerprint density at radius 1 is 0.957 bits per heavy atom. The van der Waals surface area contributed by atoms with E-state index in [0.29, 0.717) is 0 Å². The largest absolute Gasteiger partial charge is 0.481 e. The Labute approximate surface area is 131 Å². The van der Waals surface area contributed by atoms with E-state index in [0.717, 1.165) is 13.8 Å². The van der Waals surface area contributed by atoms with Crippen LogP contribution in [0.25, 0.3) is 0 Å². The van der Waals surface area contributed by atoms with Crippen LogP contribution in [0.15, 0.2) is 18.2 Å². The minimum absolute atomic E-state index is 0.0778. The number of rotatable bonds is 7. The lowest BCUT2D eigenvalue weighted by molar-refractivity contribution is -0.139. The fourth-order valence-electron chi connectivity index (χ4n) is 2.06. The molecule has 1 aromatic rings. The molecule has 0 spiro atoms. The van der Waals surface area contributed by atoms with E-state index in [9.17, 15) is 19.2 Å². The Hall–Kier alpha value is -2.90.